The third-order valence-electron chi connectivity index (χ3n) is 3.77. The van der Waals surface area contributed by atoms with Crippen LogP contribution in [0.5, 0.6) is 0 Å². The summed E-state index contributed by atoms with van der Waals surface area (Å²) in [6.07, 6.45) is 1.47. The van der Waals surface area contributed by atoms with Crippen molar-refractivity contribution in [1.82, 2.24) is 0 Å². The van der Waals surface area contributed by atoms with Crippen molar-refractivity contribution in [3.05, 3.63) is 65.7 Å². The monoisotopic (exact) mass is 278 g/mol. The predicted molar refractivity (Wildman–Crippen MR) is 88.4 cm³/mol. The average molecular weight is 278 g/mol. The van der Waals surface area contributed by atoms with Crippen LogP contribution in [0, 0.1) is 11.3 Å². The molecule has 0 saturated heterocycles. The van der Waals surface area contributed by atoms with Gasteiger partial charge in [-0.1, -0.05) is 42.5 Å². The molecule has 0 aliphatic heterocycles. The van der Waals surface area contributed by atoms with Crippen LogP contribution in [0.15, 0.2) is 54.6 Å². The summed E-state index contributed by atoms with van der Waals surface area (Å²) in [6, 6.07) is 21.5. The van der Waals surface area contributed by atoms with Gasteiger partial charge in [0.05, 0.1) is 12.5 Å². The van der Waals surface area contributed by atoms with Crippen LogP contribution in [-0.4, -0.2) is 12.6 Å². The van der Waals surface area contributed by atoms with Gasteiger partial charge in [0, 0.05) is 18.3 Å². The van der Waals surface area contributed by atoms with Gasteiger partial charge in [-0.15, -0.1) is 0 Å². The minimum Gasteiger partial charge on any atom is -0.369 e. The Morgan fingerprint density at radius 1 is 1.05 bits per heavy atom. The molecule has 1 atom stereocenters. The fourth-order valence-electron chi connectivity index (χ4n) is 2.78. The molecule has 0 bridgehead atoms. The molecule has 2 aromatic carbocycles. The smallest absolute Gasteiger partial charge is 0.0669 e. The number of anilines is 1. The summed E-state index contributed by atoms with van der Waals surface area (Å²) in [5, 5.41) is 8.81. The van der Waals surface area contributed by atoms with Crippen molar-refractivity contribution < 1.29 is 0 Å². The van der Waals surface area contributed by atoms with Gasteiger partial charge in [0.2, 0.25) is 0 Å². The minimum absolute atomic E-state index is 0.426. The van der Waals surface area contributed by atoms with Crippen LogP contribution in [0.3, 0.4) is 0 Å². The number of nitrogens with zero attached hydrogens (tertiary/aromatic N) is 2. The highest BCUT2D eigenvalue weighted by molar-refractivity contribution is 5.47. The highest BCUT2D eigenvalue weighted by atomic mass is 15.1. The van der Waals surface area contributed by atoms with Crippen molar-refractivity contribution in [3.8, 4) is 6.07 Å². The molecule has 0 heterocycles. The molecule has 2 aromatic rings. The Balaban J connectivity index is 2.11. The quantitative estimate of drug-likeness (QED) is 0.791. The third kappa shape index (κ3) is 4.10. The Morgan fingerprint density at radius 3 is 2.43 bits per heavy atom. The molecule has 0 saturated carbocycles. The van der Waals surface area contributed by atoms with E-state index < -0.39 is 0 Å². The number of para-hydroxylation sites is 1. The Morgan fingerprint density at radius 2 is 1.76 bits per heavy atom. The van der Waals surface area contributed by atoms with Gasteiger partial charge in [0.15, 0.2) is 0 Å². The minimum atomic E-state index is 0.426. The van der Waals surface area contributed by atoms with Gasteiger partial charge in [-0.05, 0) is 43.5 Å². The van der Waals surface area contributed by atoms with E-state index in [0.29, 0.717) is 12.5 Å². The summed E-state index contributed by atoms with van der Waals surface area (Å²) >= 11 is 0. The fourth-order valence-corrected chi connectivity index (χ4v) is 2.78. The van der Waals surface area contributed by atoms with E-state index in [9.17, 15) is 0 Å². The van der Waals surface area contributed by atoms with E-state index in [1.807, 2.05) is 18.2 Å². The van der Waals surface area contributed by atoms with Crippen LogP contribution >= 0.6 is 0 Å². The molecule has 0 aromatic heterocycles. The lowest BCUT2D eigenvalue weighted by Crippen LogP contribution is -2.34. The molecule has 21 heavy (non-hydrogen) atoms. The maximum Gasteiger partial charge on any atom is 0.0669 e. The van der Waals surface area contributed by atoms with Gasteiger partial charge in [0.1, 0.15) is 0 Å². The molecule has 0 aliphatic rings. The van der Waals surface area contributed by atoms with E-state index in [1.54, 1.807) is 0 Å². The van der Waals surface area contributed by atoms with Crippen LogP contribution < -0.4 is 4.90 Å². The molecular weight excluding hydrogens is 256 g/mol. The van der Waals surface area contributed by atoms with Crippen LogP contribution in [0.1, 0.15) is 25.0 Å². The summed E-state index contributed by atoms with van der Waals surface area (Å²) in [4.78, 5) is 2.41. The van der Waals surface area contributed by atoms with Gasteiger partial charge >= 0.3 is 0 Å². The SMILES string of the molecule is CCN(c1ccccc1)[C@H](C)Cc1cccc(CC#N)c1. The number of nitriles is 1. The van der Waals surface area contributed by atoms with Crippen molar-refractivity contribution in [2.24, 2.45) is 0 Å². The van der Waals surface area contributed by atoms with E-state index in [-0.39, 0.29) is 0 Å². The first kappa shape index (κ1) is 15.1. The molecule has 2 rings (SSSR count). The van der Waals surface area contributed by atoms with Crippen LogP contribution in [0.25, 0.3) is 0 Å². The van der Waals surface area contributed by atoms with Gasteiger partial charge in [-0.3, -0.25) is 0 Å². The van der Waals surface area contributed by atoms with Gasteiger partial charge in [0.25, 0.3) is 0 Å². The standard InChI is InChI=1S/C19H22N2/c1-3-21(19-10-5-4-6-11-19)16(2)14-18-9-7-8-17(15-18)12-13-20/h4-11,15-16H,3,12,14H2,1-2H3/t16-/m1/s1. The molecular formula is C19H22N2. The van der Waals surface area contributed by atoms with Gasteiger partial charge in [-0.25, -0.2) is 0 Å². The molecule has 0 fully saturated rings. The van der Waals surface area contributed by atoms with E-state index in [1.165, 1.54) is 11.3 Å². The topological polar surface area (TPSA) is 27.0 Å². The summed E-state index contributed by atoms with van der Waals surface area (Å²) in [7, 11) is 0. The molecule has 2 nitrogen and oxygen atoms in total. The van der Waals surface area contributed by atoms with Crippen molar-refractivity contribution in [2.45, 2.75) is 32.7 Å². The zero-order valence-corrected chi connectivity index (χ0v) is 12.8. The maximum atomic E-state index is 8.81. The van der Waals surface area contributed by atoms with Crippen LogP contribution in [-0.2, 0) is 12.8 Å². The zero-order valence-electron chi connectivity index (χ0n) is 12.8. The second-order valence-corrected chi connectivity index (χ2v) is 5.33. The molecule has 0 N–H and O–H groups in total. The molecule has 0 aliphatic carbocycles. The highest BCUT2D eigenvalue weighted by Crippen LogP contribution is 2.19. The fraction of sp³-hybridized carbons (Fsp3) is 0.316. The van der Waals surface area contributed by atoms with Crippen LogP contribution in [0.4, 0.5) is 5.69 Å². The lowest BCUT2D eigenvalue weighted by Gasteiger charge is -2.30. The number of hydrogen-bond donors (Lipinski definition) is 0. The predicted octanol–water partition coefficient (Wildman–Crippen LogP) is 4.21. The zero-order chi connectivity index (χ0) is 15.1. The Bertz CT molecular complexity index is 598. The summed E-state index contributed by atoms with van der Waals surface area (Å²) < 4.78 is 0. The largest absolute Gasteiger partial charge is 0.369 e. The van der Waals surface area contributed by atoms with Crippen molar-refractivity contribution in [3.63, 3.8) is 0 Å². The van der Waals surface area contributed by atoms with Crippen LogP contribution in [0.2, 0.25) is 0 Å². The van der Waals surface area contributed by atoms with Crippen molar-refractivity contribution in [1.29, 1.82) is 5.26 Å². The number of hydrogen-bond acceptors (Lipinski definition) is 2. The van der Waals surface area contributed by atoms with Gasteiger partial charge < -0.3 is 4.90 Å². The summed E-state index contributed by atoms with van der Waals surface area (Å²) in [5.41, 5.74) is 3.66. The first-order chi connectivity index (χ1) is 10.2. The molecule has 0 amide bonds. The number of rotatable bonds is 6. The van der Waals surface area contributed by atoms with Crippen molar-refractivity contribution >= 4 is 5.69 Å². The Labute approximate surface area is 127 Å². The van der Waals surface area contributed by atoms with Crippen molar-refractivity contribution in [2.75, 3.05) is 11.4 Å². The number of benzene rings is 2. The lowest BCUT2D eigenvalue weighted by atomic mass is 10.0. The average Bonchev–Trinajstić information content (AvgIpc) is 2.50. The first-order valence-corrected chi connectivity index (χ1v) is 7.51. The van der Waals surface area contributed by atoms with E-state index >= 15 is 0 Å². The van der Waals surface area contributed by atoms with E-state index in [0.717, 1.165) is 18.5 Å². The van der Waals surface area contributed by atoms with E-state index in [4.69, 9.17) is 5.26 Å². The van der Waals surface area contributed by atoms with Gasteiger partial charge in [-0.2, -0.15) is 5.26 Å². The second kappa shape index (κ2) is 7.50. The summed E-state index contributed by atoms with van der Waals surface area (Å²) in [6.45, 7) is 5.44. The number of likely N-dealkylation sites (N-methyl/N-ethyl adjacent to an activating group) is 1. The summed E-state index contributed by atoms with van der Waals surface area (Å²) in [5.74, 6) is 0. The first-order valence-electron chi connectivity index (χ1n) is 7.51. The molecule has 108 valence electrons. The molecule has 0 unspecified atom stereocenters. The maximum absolute atomic E-state index is 8.81. The highest BCUT2D eigenvalue weighted by Gasteiger charge is 2.13. The molecule has 0 radical (unpaired) electrons. The second-order valence-electron chi connectivity index (χ2n) is 5.33. The Kier molecular flexibility index (Phi) is 5.40. The van der Waals surface area contributed by atoms with E-state index in [2.05, 4.69) is 61.2 Å². The molecule has 0 spiro atoms. The lowest BCUT2D eigenvalue weighted by molar-refractivity contribution is 0.645. The normalized spacial score (nSPS) is 11.7. The Hall–Kier alpha value is -2.27. The molecule has 2 heteroatoms. The third-order valence-corrected chi connectivity index (χ3v) is 3.77.